The maximum Gasteiger partial charge on any atom is 0.420 e. The van der Waals surface area contributed by atoms with Gasteiger partial charge in [0.1, 0.15) is 6.54 Å². The Kier molecular flexibility index (Phi) is 4.71. The van der Waals surface area contributed by atoms with Crippen molar-refractivity contribution in [1.29, 1.82) is 0 Å². The van der Waals surface area contributed by atoms with E-state index in [2.05, 4.69) is 41.4 Å². The summed E-state index contributed by atoms with van der Waals surface area (Å²) in [6.07, 6.45) is 1.04. The molecule has 1 aromatic heterocycles. The zero-order valence-corrected chi connectivity index (χ0v) is 15.4. The van der Waals surface area contributed by atoms with E-state index in [1.165, 1.54) is 15.8 Å². The molecule has 4 rings (SSSR count). The normalized spacial score (nSPS) is 16.8. The number of nitrogens with zero attached hydrogens (tertiary/aromatic N) is 2. The van der Waals surface area contributed by atoms with Gasteiger partial charge in [0.2, 0.25) is 5.91 Å². The lowest BCUT2D eigenvalue weighted by molar-refractivity contribution is -0.121. The van der Waals surface area contributed by atoms with Gasteiger partial charge in [0.25, 0.3) is 0 Å². The molecular weight excluding hydrogens is 342 g/mol. The van der Waals surface area contributed by atoms with Gasteiger partial charge in [-0.3, -0.25) is 9.36 Å². The minimum absolute atomic E-state index is 0.0236. The van der Waals surface area contributed by atoms with Crippen LogP contribution in [-0.2, 0) is 11.3 Å². The molecule has 0 bridgehead atoms. The summed E-state index contributed by atoms with van der Waals surface area (Å²) >= 11 is 0. The highest BCUT2D eigenvalue weighted by atomic mass is 16.4. The van der Waals surface area contributed by atoms with Crippen LogP contribution in [0, 0.1) is 12.8 Å². The van der Waals surface area contributed by atoms with E-state index in [1.807, 2.05) is 6.07 Å². The number of aromatic nitrogens is 1. The van der Waals surface area contributed by atoms with Crippen molar-refractivity contribution in [2.45, 2.75) is 19.9 Å². The average molecular weight is 365 g/mol. The van der Waals surface area contributed by atoms with E-state index in [0.717, 1.165) is 19.5 Å². The van der Waals surface area contributed by atoms with Gasteiger partial charge in [-0.25, -0.2) is 4.79 Å². The third kappa shape index (κ3) is 3.74. The van der Waals surface area contributed by atoms with Gasteiger partial charge < -0.3 is 14.6 Å². The van der Waals surface area contributed by atoms with Gasteiger partial charge in [0.05, 0.1) is 5.52 Å². The molecule has 2 heterocycles. The number of amides is 1. The van der Waals surface area contributed by atoms with Crippen molar-refractivity contribution < 1.29 is 9.21 Å². The predicted molar refractivity (Wildman–Crippen MR) is 105 cm³/mol. The first-order valence-corrected chi connectivity index (χ1v) is 9.27. The number of fused-ring (bicyclic) bond motifs is 1. The van der Waals surface area contributed by atoms with Gasteiger partial charge in [-0.05, 0) is 49.1 Å². The van der Waals surface area contributed by atoms with Crippen LogP contribution in [0.3, 0.4) is 0 Å². The second kappa shape index (κ2) is 7.31. The van der Waals surface area contributed by atoms with Gasteiger partial charge in [-0.15, -0.1) is 0 Å². The van der Waals surface area contributed by atoms with Crippen LogP contribution >= 0.6 is 0 Å². The standard InChI is InChI=1S/C21H23N3O3/c1-15-5-4-6-17(11-15)23-10-9-16(13-23)12-22-20(25)14-24-18-7-2-3-8-19(18)27-21(24)26/h2-8,11,16H,9-10,12-14H2,1H3,(H,22,25)/t16-/m1/s1. The summed E-state index contributed by atoms with van der Waals surface area (Å²) < 4.78 is 6.54. The minimum Gasteiger partial charge on any atom is -0.408 e. The number of carbonyl (C=O) groups excluding carboxylic acids is 1. The number of anilines is 1. The maximum absolute atomic E-state index is 12.3. The van der Waals surface area contributed by atoms with Crippen LogP contribution in [0.1, 0.15) is 12.0 Å². The zero-order chi connectivity index (χ0) is 18.8. The van der Waals surface area contributed by atoms with E-state index in [1.54, 1.807) is 18.2 Å². The van der Waals surface area contributed by atoms with Gasteiger partial charge in [0, 0.05) is 25.3 Å². The lowest BCUT2D eigenvalue weighted by Crippen LogP contribution is -2.35. The molecular formula is C21H23N3O3. The Bertz CT molecular complexity index is 1020. The summed E-state index contributed by atoms with van der Waals surface area (Å²) in [6, 6.07) is 15.6. The van der Waals surface area contributed by atoms with Crippen molar-refractivity contribution in [3.05, 3.63) is 64.6 Å². The fourth-order valence-corrected chi connectivity index (χ4v) is 3.68. The van der Waals surface area contributed by atoms with Crippen molar-refractivity contribution in [1.82, 2.24) is 9.88 Å². The van der Waals surface area contributed by atoms with Gasteiger partial charge in [-0.1, -0.05) is 24.3 Å². The van der Waals surface area contributed by atoms with Gasteiger partial charge in [-0.2, -0.15) is 0 Å². The minimum atomic E-state index is -0.502. The monoisotopic (exact) mass is 365 g/mol. The van der Waals surface area contributed by atoms with E-state index in [-0.39, 0.29) is 12.5 Å². The van der Waals surface area contributed by atoms with E-state index in [4.69, 9.17) is 4.42 Å². The molecule has 1 N–H and O–H groups in total. The zero-order valence-electron chi connectivity index (χ0n) is 15.4. The molecule has 1 saturated heterocycles. The molecule has 0 spiro atoms. The van der Waals surface area contributed by atoms with Crippen molar-refractivity contribution in [3.8, 4) is 0 Å². The molecule has 1 aliphatic rings. The fraction of sp³-hybridized carbons (Fsp3) is 0.333. The van der Waals surface area contributed by atoms with Gasteiger partial charge in [0.15, 0.2) is 5.58 Å². The molecule has 2 aromatic carbocycles. The molecule has 0 aliphatic carbocycles. The van der Waals surface area contributed by atoms with Crippen molar-refractivity contribution >= 4 is 22.7 Å². The summed E-state index contributed by atoms with van der Waals surface area (Å²) in [5, 5.41) is 2.97. The van der Waals surface area contributed by atoms with E-state index in [0.29, 0.717) is 23.6 Å². The van der Waals surface area contributed by atoms with E-state index in [9.17, 15) is 9.59 Å². The van der Waals surface area contributed by atoms with Crippen LogP contribution in [0.15, 0.2) is 57.7 Å². The summed E-state index contributed by atoms with van der Waals surface area (Å²) in [7, 11) is 0. The molecule has 1 fully saturated rings. The fourth-order valence-electron chi connectivity index (χ4n) is 3.68. The quantitative estimate of drug-likeness (QED) is 0.755. The SMILES string of the molecule is Cc1cccc(N2CC[C@H](CNC(=O)Cn3c(=O)oc4ccccc43)C2)c1. The Morgan fingerprint density at radius 3 is 2.93 bits per heavy atom. The highest BCUT2D eigenvalue weighted by Crippen LogP contribution is 2.24. The lowest BCUT2D eigenvalue weighted by Gasteiger charge is -2.19. The number of rotatable bonds is 5. The molecule has 0 unspecified atom stereocenters. The molecule has 6 heteroatoms. The van der Waals surface area contributed by atoms with Crippen LogP contribution in [0.25, 0.3) is 11.1 Å². The highest BCUT2D eigenvalue weighted by Gasteiger charge is 2.23. The molecule has 3 aromatic rings. The van der Waals surface area contributed by atoms with Crippen molar-refractivity contribution in [2.24, 2.45) is 5.92 Å². The predicted octanol–water partition coefficient (Wildman–Crippen LogP) is 2.55. The van der Waals surface area contributed by atoms with Gasteiger partial charge >= 0.3 is 5.76 Å². The summed E-state index contributed by atoms with van der Waals surface area (Å²) in [5.41, 5.74) is 3.63. The summed E-state index contributed by atoms with van der Waals surface area (Å²) in [6.45, 7) is 4.61. The average Bonchev–Trinajstić information content (AvgIpc) is 3.25. The number of oxazole rings is 1. The summed E-state index contributed by atoms with van der Waals surface area (Å²) in [5.74, 6) is -0.261. The first kappa shape index (κ1) is 17.4. The number of benzene rings is 2. The van der Waals surface area contributed by atoms with E-state index < -0.39 is 5.76 Å². The maximum atomic E-state index is 12.3. The second-order valence-corrected chi connectivity index (χ2v) is 7.17. The Labute approximate surface area is 157 Å². The van der Waals surface area contributed by atoms with E-state index >= 15 is 0 Å². The highest BCUT2D eigenvalue weighted by molar-refractivity contribution is 5.79. The first-order valence-electron chi connectivity index (χ1n) is 9.27. The molecule has 1 amide bonds. The van der Waals surface area contributed by atoms with Crippen molar-refractivity contribution in [2.75, 3.05) is 24.5 Å². The number of hydrogen-bond acceptors (Lipinski definition) is 4. The van der Waals surface area contributed by atoms with Crippen LogP contribution < -0.4 is 16.0 Å². The van der Waals surface area contributed by atoms with Crippen LogP contribution in [-0.4, -0.2) is 30.1 Å². The second-order valence-electron chi connectivity index (χ2n) is 7.17. The molecule has 1 atom stereocenters. The van der Waals surface area contributed by atoms with Crippen LogP contribution in [0.4, 0.5) is 5.69 Å². The Hall–Kier alpha value is -3.02. The molecule has 6 nitrogen and oxygen atoms in total. The molecule has 0 saturated carbocycles. The number of hydrogen-bond donors (Lipinski definition) is 1. The number of aryl methyl sites for hydroxylation is 1. The Morgan fingerprint density at radius 1 is 1.22 bits per heavy atom. The summed E-state index contributed by atoms with van der Waals surface area (Å²) in [4.78, 5) is 26.7. The first-order chi connectivity index (χ1) is 13.1. The molecule has 1 aliphatic heterocycles. The third-order valence-electron chi connectivity index (χ3n) is 5.12. The number of para-hydroxylation sites is 2. The topological polar surface area (TPSA) is 67.5 Å². The number of carbonyl (C=O) groups is 1. The molecule has 140 valence electrons. The third-order valence-corrected chi connectivity index (χ3v) is 5.12. The Morgan fingerprint density at radius 2 is 2.07 bits per heavy atom. The smallest absolute Gasteiger partial charge is 0.408 e. The molecule has 0 radical (unpaired) electrons. The van der Waals surface area contributed by atoms with Crippen molar-refractivity contribution in [3.63, 3.8) is 0 Å². The van der Waals surface area contributed by atoms with Crippen LogP contribution in [0.2, 0.25) is 0 Å². The Balaban J connectivity index is 1.33. The molecule has 27 heavy (non-hydrogen) atoms. The lowest BCUT2D eigenvalue weighted by atomic mass is 10.1. The number of nitrogens with one attached hydrogen (secondary N) is 1. The largest absolute Gasteiger partial charge is 0.420 e. The van der Waals surface area contributed by atoms with Crippen LogP contribution in [0.5, 0.6) is 0 Å².